The van der Waals surface area contributed by atoms with E-state index in [9.17, 15) is 8.78 Å². The summed E-state index contributed by atoms with van der Waals surface area (Å²) in [7, 11) is 0. The average Bonchev–Trinajstić information content (AvgIpc) is 2.73. The first-order chi connectivity index (χ1) is 9.16. The smallest absolute Gasteiger partial charge is 0.201 e. The molecule has 102 valence electrons. The lowest BCUT2D eigenvalue weighted by Gasteiger charge is -2.23. The minimum absolute atomic E-state index is 0.142. The molecule has 6 heteroatoms. The number of hydrogen-bond acceptors (Lipinski definition) is 3. The van der Waals surface area contributed by atoms with E-state index < -0.39 is 11.6 Å². The van der Waals surface area contributed by atoms with Crippen LogP contribution in [0.25, 0.3) is 11.0 Å². The predicted molar refractivity (Wildman–Crippen MR) is 67.6 cm³/mol. The Hall–Kier alpha value is -1.69. The van der Waals surface area contributed by atoms with Gasteiger partial charge in [0.25, 0.3) is 0 Å². The molecule has 0 bridgehead atoms. The molecule has 0 amide bonds. The highest BCUT2D eigenvalue weighted by Gasteiger charge is 2.20. The molecule has 0 saturated carbocycles. The first kappa shape index (κ1) is 12.3. The number of halogens is 2. The van der Waals surface area contributed by atoms with Crippen LogP contribution in [0.1, 0.15) is 12.8 Å². The first-order valence-corrected chi connectivity index (χ1v) is 6.34. The minimum atomic E-state index is -0.890. The quantitative estimate of drug-likeness (QED) is 0.908. The zero-order valence-corrected chi connectivity index (χ0v) is 10.4. The number of anilines is 1. The van der Waals surface area contributed by atoms with Crippen LogP contribution in [0.3, 0.4) is 0 Å². The molecule has 1 aromatic heterocycles. The Kier molecular flexibility index (Phi) is 3.10. The van der Waals surface area contributed by atoms with Gasteiger partial charge in [0.15, 0.2) is 11.6 Å². The maximum Gasteiger partial charge on any atom is 0.201 e. The molecule has 1 saturated heterocycles. The van der Waals surface area contributed by atoms with Gasteiger partial charge in [0.1, 0.15) is 5.52 Å². The van der Waals surface area contributed by atoms with Crippen molar-refractivity contribution in [1.82, 2.24) is 9.55 Å². The first-order valence-electron chi connectivity index (χ1n) is 6.34. The van der Waals surface area contributed by atoms with Crippen molar-refractivity contribution in [3.8, 4) is 0 Å². The molecule has 1 atom stereocenters. The number of nitrogen functional groups attached to an aromatic ring is 1. The van der Waals surface area contributed by atoms with Gasteiger partial charge in [-0.05, 0) is 25.0 Å². The van der Waals surface area contributed by atoms with Gasteiger partial charge < -0.3 is 15.0 Å². The molecule has 1 fully saturated rings. The van der Waals surface area contributed by atoms with Crippen molar-refractivity contribution in [3.05, 3.63) is 23.8 Å². The van der Waals surface area contributed by atoms with Crippen molar-refractivity contribution in [2.75, 3.05) is 18.9 Å². The topological polar surface area (TPSA) is 53.1 Å². The lowest BCUT2D eigenvalue weighted by molar-refractivity contribution is 0.0489. The summed E-state index contributed by atoms with van der Waals surface area (Å²) >= 11 is 0. The second-order valence-corrected chi connectivity index (χ2v) is 4.89. The fraction of sp³-hybridized carbons (Fsp3) is 0.462. The predicted octanol–water partition coefficient (Wildman–Crippen LogP) is 2.32. The molecule has 1 aliphatic rings. The molecule has 3 rings (SSSR count). The SMILES string of the molecule is Nc1nc2ccc(F)c(F)c2n1CC1CCCOC1. The molecule has 0 aliphatic carbocycles. The van der Waals surface area contributed by atoms with Gasteiger partial charge in [-0.25, -0.2) is 13.8 Å². The molecule has 2 heterocycles. The van der Waals surface area contributed by atoms with Crippen LogP contribution in [0, 0.1) is 17.6 Å². The number of nitrogens with two attached hydrogens (primary N) is 1. The van der Waals surface area contributed by atoms with E-state index in [-0.39, 0.29) is 17.4 Å². The van der Waals surface area contributed by atoms with Crippen molar-refractivity contribution in [1.29, 1.82) is 0 Å². The van der Waals surface area contributed by atoms with Crippen LogP contribution in [-0.2, 0) is 11.3 Å². The van der Waals surface area contributed by atoms with E-state index in [4.69, 9.17) is 10.5 Å². The van der Waals surface area contributed by atoms with Crippen LogP contribution < -0.4 is 5.73 Å². The molecule has 19 heavy (non-hydrogen) atoms. The molecule has 0 radical (unpaired) electrons. The number of hydrogen-bond donors (Lipinski definition) is 1. The second-order valence-electron chi connectivity index (χ2n) is 4.89. The van der Waals surface area contributed by atoms with Gasteiger partial charge in [0.05, 0.1) is 12.1 Å². The van der Waals surface area contributed by atoms with Gasteiger partial charge >= 0.3 is 0 Å². The Bertz CT molecular complexity index is 605. The van der Waals surface area contributed by atoms with E-state index >= 15 is 0 Å². The summed E-state index contributed by atoms with van der Waals surface area (Å²) in [6.45, 7) is 1.89. The Morgan fingerprint density at radius 2 is 2.26 bits per heavy atom. The number of ether oxygens (including phenoxy) is 1. The van der Waals surface area contributed by atoms with E-state index in [2.05, 4.69) is 4.98 Å². The summed E-state index contributed by atoms with van der Waals surface area (Å²) in [6, 6.07) is 2.51. The minimum Gasteiger partial charge on any atom is -0.381 e. The number of rotatable bonds is 2. The Morgan fingerprint density at radius 3 is 3.00 bits per heavy atom. The van der Waals surface area contributed by atoms with Gasteiger partial charge in [0.2, 0.25) is 5.95 Å². The number of fused-ring (bicyclic) bond motifs is 1. The van der Waals surface area contributed by atoms with Gasteiger partial charge in [-0.1, -0.05) is 0 Å². The third kappa shape index (κ3) is 2.16. The van der Waals surface area contributed by atoms with Gasteiger partial charge in [-0.3, -0.25) is 0 Å². The highest BCUT2D eigenvalue weighted by molar-refractivity contribution is 5.79. The summed E-state index contributed by atoms with van der Waals surface area (Å²) in [5.74, 6) is -1.30. The third-order valence-electron chi connectivity index (χ3n) is 3.52. The normalized spacial score (nSPS) is 20.0. The average molecular weight is 267 g/mol. The Balaban J connectivity index is 2.01. The summed E-state index contributed by atoms with van der Waals surface area (Å²) in [5, 5.41) is 0. The summed E-state index contributed by atoms with van der Waals surface area (Å²) < 4.78 is 34.2. The number of aromatic nitrogens is 2. The monoisotopic (exact) mass is 267 g/mol. The van der Waals surface area contributed by atoms with Crippen LogP contribution in [0.4, 0.5) is 14.7 Å². The van der Waals surface area contributed by atoms with Crippen LogP contribution in [0.5, 0.6) is 0 Å². The number of imidazole rings is 1. The van der Waals surface area contributed by atoms with E-state index in [1.165, 1.54) is 6.07 Å². The highest BCUT2D eigenvalue weighted by Crippen LogP contribution is 2.26. The van der Waals surface area contributed by atoms with Crippen LogP contribution in [0.15, 0.2) is 12.1 Å². The van der Waals surface area contributed by atoms with E-state index in [1.54, 1.807) is 4.57 Å². The summed E-state index contributed by atoms with van der Waals surface area (Å²) in [5.41, 5.74) is 6.34. The fourth-order valence-corrected chi connectivity index (χ4v) is 2.57. The van der Waals surface area contributed by atoms with Crippen LogP contribution >= 0.6 is 0 Å². The summed E-state index contributed by atoms with van der Waals surface area (Å²) in [4.78, 5) is 4.07. The molecule has 2 aromatic rings. The zero-order valence-electron chi connectivity index (χ0n) is 10.4. The third-order valence-corrected chi connectivity index (χ3v) is 3.52. The maximum absolute atomic E-state index is 13.9. The lowest BCUT2D eigenvalue weighted by Crippen LogP contribution is -2.23. The molecular weight excluding hydrogens is 252 g/mol. The molecule has 1 aromatic carbocycles. The van der Waals surface area contributed by atoms with Crippen molar-refractivity contribution < 1.29 is 13.5 Å². The number of nitrogens with zero attached hydrogens (tertiary/aromatic N) is 2. The largest absolute Gasteiger partial charge is 0.381 e. The van der Waals surface area contributed by atoms with Crippen molar-refractivity contribution in [2.24, 2.45) is 5.92 Å². The molecule has 1 aliphatic heterocycles. The Morgan fingerprint density at radius 1 is 1.42 bits per heavy atom. The van der Waals surface area contributed by atoms with E-state index in [0.29, 0.717) is 18.7 Å². The molecule has 0 spiro atoms. The maximum atomic E-state index is 13.9. The van der Waals surface area contributed by atoms with Crippen molar-refractivity contribution in [2.45, 2.75) is 19.4 Å². The zero-order chi connectivity index (χ0) is 13.4. The highest BCUT2D eigenvalue weighted by atomic mass is 19.2. The molecule has 4 nitrogen and oxygen atoms in total. The van der Waals surface area contributed by atoms with E-state index in [1.807, 2.05) is 0 Å². The summed E-state index contributed by atoms with van der Waals surface area (Å²) in [6.07, 6.45) is 1.98. The molecular formula is C13H15F2N3O. The van der Waals surface area contributed by atoms with Gasteiger partial charge in [-0.15, -0.1) is 0 Å². The molecule has 2 N–H and O–H groups in total. The second kappa shape index (κ2) is 4.77. The Labute approximate surface area is 109 Å². The van der Waals surface area contributed by atoms with Crippen molar-refractivity contribution in [3.63, 3.8) is 0 Å². The molecule has 1 unspecified atom stereocenters. The fourth-order valence-electron chi connectivity index (χ4n) is 2.57. The standard InChI is InChI=1S/C13H15F2N3O/c14-9-3-4-10-12(11(9)15)18(13(16)17-10)6-8-2-1-5-19-7-8/h3-4,8H,1-2,5-7H2,(H2,16,17). The van der Waals surface area contributed by atoms with Gasteiger partial charge in [0, 0.05) is 19.1 Å². The van der Waals surface area contributed by atoms with Crippen LogP contribution in [-0.4, -0.2) is 22.8 Å². The van der Waals surface area contributed by atoms with Crippen molar-refractivity contribution >= 4 is 17.0 Å². The number of benzene rings is 1. The lowest BCUT2D eigenvalue weighted by atomic mass is 10.0. The van der Waals surface area contributed by atoms with E-state index in [0.717, 1.165) is 25.5 Å². The van der Waals surface area contributed by atoms with Crippen LogP contribution in [0.2, 0.25) is 0 Å². The van der Waals surface area contributed by atoms with Gasteiger partial charge in [-0.2, -0.15) is 0 Å².